The summed E-state index contributed by atoms with van der Waals surface area (Å²) in [5.74, 6) is -1.15. The normalized spacial score (nSPS) is 17.4. The van der Waals surface area contributed by atoms with Gasteiger partial charge >= 0.3 is 5.97 Å². The van der Waals surface area contributed by atoms with E-state index in [9.17, 15) is 9.59 Å². The lowest BCUT2D eigenvalue weighted by molar-refractivity contribution is -0.139. The number of hydrogen-bond acceptors (Lipinski definition) is 5. The van der Waals surface area contributed by atoms with Gasteiger partial charge in [0.1, 0.15) is 4.88 Å². The van der Waals surface area contributed by atoms with Crippen LogP contribution in [0.2, 0.25) is 0 Å². The largest absolute Gasteiger partial charge is 0.481 e. The molecule has 7 heteroatoms. The van der Waals surface area contributed by atoms with Gasteiger partial charge in [0, 0.05) is 13.2 Å². The van der Waals surface area contributed by atoms with Crippen molar-refractivity contribution in [3.63, 3.8) is 0 Å². The number of hydrogen-bond donors (Lipinski definition) is 2. The summed E-state index contributed by atoms with van der Waals surface area (Å²) in [5.41, 5.74) is -0.712. The average molecular weight is 312 g/mol. The number of thiazole rings is 1. The molecule has 0 aromatic carbocycles. The van der Waals surface area contributed by atoms with Crippen LogP contribution in [0.3, 0.4) is 0 Å². The number of nitrogens with zero attached hydrogens (tertiary/aromatic N) is 1. The van der Waals surface area contributed by atoms with Crippen LogP contribution in [0, 0.1) is 0 Å². The van der Waals surface area contributed by atoms with Gasteiger partial charge in [0.2, 0.25) is 0 Å². The molecule has 2 rings (SSSR count). The Balaban J connectivity index is 2.07. The van der Waals surface area contributed by atoms with Gasteiger partial charge in [-0.2, -0.15) is 0 Å². The van der Waals surface area contributed by atoms with Crippen molar-refractivity contribution in [2.75, 3.05) is 13.2 Å². The van der Waals surface area contributed by atoms with Crippen LogP contribution in [0.4, 0.5) is 0 Å². The molecule has 0 saturated carbocycles. The summed E-state index contributed by atoms with van der Waals surface area (Å²) in [4.78, 5) is 28.2. The van der Waals surface area contributed by atoms with Gasteiger partial charge in [0.05, 0.1) is 23.2 Å². The van der Waals surface area contributed by atoms with Gasteiger partial charge < -0.3 is 15.2 Å². The van der Waals surface area contributed by atoms with Crippen molar-refractivity contribution in [2.45, 2.75) is 44.6 Å². The number of carbonyl (C=O) groups is 2. The third-order valence-electron chi connectivity index (χ3n) is 3.56. The highest BCUT2D eigenvalue weighted by Gasteiger charge is 2.36. The molecule has 1 saturated heterocycles. The predicted octanol–water partition coefficient (Wildman–Crippen LogP) is 1.85. The quantitative estimate of drug-likeness (QED) is 0.837. The molecule has 21 heavy (non-hydrogen) atoms. The van der Waals surface area contributed by atoms with Crippen LogP contribution >= 0.6 is 11.3 Å². The molecule has 1 aliphatic heterocycles. The SMILES string of the molecule is CCCc1ncc(C(=O)NC2(CC(=O)O)CCOCC2)s1. The standard InChI is InChI=1S/C14H20N2O4S/c1-2-3-11-15-9-10(21-11)13(19)16-14(8-12(17)18)4-6-20-7-5-14/h9H,2-8H2,1H3,(H,16,19)(H,17,18). The van der Waals surface area contributed by atoms with Gasteiger partial charge in [-0.15, -0.1) is 11.3 Å². The summed E-state index contributed by atoms with van der Waals surface area (Å²) < 4.78 is 5.28. The minimum absolute atomic E-state index is 0.0806. The molecule has 1 aliphatic rings. The molecule has 2 heterocycles. The van der Waals surface area contributed by atoms with Crippen LogP contribution in [0.15, 0.2) is 6.20 Å². The van der Waals surface area contributed by atoms with E-state index in [-0.39, 0.29) is 12.3 Å². The molecule has 0 atom stereocenters. The van der Waals surface area contributed by atoms with Crippen LogP contribution in [0.5, 0.6) is 0 Å². The minimum atomic E-state index is -0.909. The highest BCUT2D eigenvalue weighted by atomic mass is 32.1. The van der Waals surface area contributed by atoms with Crippen LogP contribution < -0.4 is 5.32 Å². The molecule has 0 radical (unpaired) electrons. The van der Waals surface area contributed by atoms with Crippen molar-refractivity contribution in [1.29, 1.82) is 0 Å². The number of carboxylic acid groups (broad SMARTS) is 1. The Labute approximate surface area is 127 Å². The second kappa shape index (κ2) is 7.00. The fourth-order valence-electron chi connectivity index (χ4n) is 2.44. The topological polar surface area (TPSA) is 88.5 Å². The van der Waals surface area contributed by atoms with E-state index in [0.29, 0.717) is 30.9 Å². The molecular weight excluding hydrogens is 292 g/mol. The lowest BCUT2D eigenvalue weighted by Gasteiger charge is -2.36. The van der Waals surface area contributed by atoms with Crippen molar-refractivity contribution >= 4 is 23.2 Å². The molecule has 2 N–H and O–H groups in total. The van der Waals surface area contributed by atoms with Crippen molar-refractivity contribution < 1.29 is 19.4 Å². The summed E-state index contributed by atoms with van der Waals surface area (Å²) in [7, 11) is 0. The van der Waals surface area contributed by atoms with E-state index in [2.05, 4.69) is 17.2 Å². The molecule has 0 unspecified atom stereocenters. The Morgan fingerprint density at radius 1 is 1.48 bits per heavy atom. The number of rotatable bonds is 6. The van der Waals surface area contributed by atoms with E-state index in [0.717, 1.165) is 17.8 Å². The molecule has 1 amide bonds. The predicted molar refractivity (Wildman–Crippen MR) is 78.6 cm³/mol. The molecule has 116 valence electrons. The smallest absolute Gasteiger partial charge is 0.305 e. The third-order valence-corrected chi connectivity index (χ3v) is 4.62. The number of aromatic nitrogens is 1. The second-order valence-corrected chi connectivity index (χ2v) is 6.40. The Morgan fingerprint density at radius 3 is 2.81 bits per heavy atom. The number of aryl methyl sites for hydroxylation is 1. The first kappa shape index (κ1) is 15.9. The fourth-order valence-corrected chi connectivity index (χ4v) is 3.36. The number of carbonyl (C=O) groups excluding carboxylic acids is 1. The first-order chi connectivity index (χ1) is 10.0. The molecule has 0 bridgehead atoms. The highest BCUT2D eigenvalue weighted by Crippen LogP contribution is 2.26. The zero-order chi connectivity index (χ0) is 15.3. The highest BCUT2D eigenvalue weighted by molar-refractivity contribution is 7.13. The first-order valence-electron chi connectivity index (χ1n) is 7.11. The molecule has 0 aliphatic carbocycles. The van der Waals surface area contributed by atoms with Gasteiger partial charge in [-0.25, -0.2) is 4.98 Å². The van der Waals surface area contributed by atoms with Gasteiger partial charge in [0.25, 0.3) is 5.91 Å². The third kappa shape index (κ3) is 4.25. The van der Waals surface area contributed by atoms with Crippen LogP contribution in [0.25, 0.3) is 0 Å². The average Bonchev–Trinajstić information content (AvgIpc) is 2.88. The molecule has 1 aromatic heterocycles. The minimum Gasteiger partial charge on any atom is -0.481 e. The number of nitrogens with one attached hydrogen (secondary N) is 1. The van der Waals surface area contributed by atoms with E-state index in [1.54, 1.807) is 6.20 Å². The first-order valence-corrected chi connectivity index (χ1v) is 7.93. The fraction of sp³-hybridized carbons (Fsp3) is 0.643. The summed E-state index contributed by atoms with van der Waals surface area (Å²) in [6.45, 7) is 3.00. The molecule has 6 nitrogen and oxygen atoms in total. The van der Waals surface area contributed by atoms with Crippen LogP contribution in [-0.2, 0) is 16.0 Å². The zero-order valence-electron chi connectivity index (χ0n) is 12.1. The van der Waals surface area contributed by atoms with E-state index >= 15 is 0 Å². The summed E-state index contributed by atoms with van der Waals surface area (Å²) in [6, 6.07) is 0. The van der Waals surface area contributed by atoms with E-state index in [4.69, 9.17) is 9.84 Å². The van der Waals surface area contributed by atoms with Crippen LogP contribution in [-0.4, -0.2) is 40.7 Å². The van der Waals surface area contributed by atoms with Crippen molar-refractivity contribution in [3.05, 3.63) is 16.1 Å². The summed E-state index contributed by atoms with van der Waals surface area (Å²) in [5, 5.41) is 12.9. The van der Waals surface area contributed by atoms with Crippen molar-refractivity contribution in [3.8, 4) is 0 Å². The van der Waals surface area contributed by atoms with Gasteiger partial charge in [-0.3, -0.25) is 9.59 Å². The van der Waals surface area contributed by atoms with Crippen LogP contribution in [0.1, 0.15) is 47.3 Å². The van der Waals surface area contributed by atoms with Crippen molar-refractivity contribution in [2.24, 2.45) is 0 Å². The molecule has 1 aromatic rings. The van der Waals surface area contributed by atoms with Gasteiger partial charge in [-0.1, -0.05) is 6.92 Å². The Morgan fingerprint density at radius 2 is 2.19 bits per heavy atom. The maximum atomic E-state index is 12.3. The summed E-state index contributed by atoms with van der Waals surface area (Å²) in [6.07, 6.45) is 4.36. The van der Waals surface area contributed by atoms with E-state index in [1.165, 1.54) is 11.3 Å². The monoisotopic (exact) mass is 312 g/mol. The van der Waals surface area contributed by atoms with Gasteiger partial charge in [-0.05, 0) is 25.7 Å². The second-order valence-electron chi connectivity index (χ2n) is 5.29. The lowest BCUT2D eigenvalue weighted by atomic mass is 9.86. The number of aliphatic carboxylic acids is 1. The Bertz CT molecular complexity index is 509. The summed E-state index contributed by atoms with van der Waals surface area (Å²) >= 11 is 1.37. The molecule has 0 spiro atoms. The zero-order valence-corrected chi connectivity index (χ0v) is 12.9. The maximum Gasteiger partial charge on any atom is 0.305 e. The molecular formula is C14H20N2O4S. The number of carboxylic acids is 1. The Hall–Kier alpha value is -1.47. The molecule has 1 fully saturated rings. The maximum absolute atomic E-state index is 12.3. The van der Waals surface area contributed by atoms with Gasteiger partial charge in [0.15, 0.2) is 0 Å². The number of ether oxygens (including phenoxy) is 1. The Kier molecular flexibility index (Phi) is 5.30. The van der Waals surface area contributed by atoms with E-state index in [1.807, 2.05) is 0 Å². The van der Waals surface area contributed by atoms with Crippen molar-refractivity contribution in [1.82, 2.24) is 10.3 Å². The lowest BCUT2D eigenvalue weighted by Crippen LogP contribution is -2.53. The van der Waals surface area contributed by atoms with E-state index < -0.39 is 11.5 Å². The number of amides is 1.